The van der Waals surface area contributed by atoms with Gasteiger partial charge in [-0.1, -0.05) is 84.9 Å². The molecule has 1 aliphatic rings. The van der Waals surface area contributed by atoms with Crippen LogP contribution in [0.2, 0.25) is 0 Å². The van der Waals surface area contributed by atoms with Crippen molar-refractivity contribution in [3.05, 3.63) is 102 Å². The molecule has 6 nitrogen and oxygen atoms in total. The van der Waals surface area contributed by atoms with Crippen LogP contribution in [0.3, 0.4) is 0 Å². The summed E-state index contributed by atoms with van der Waals surface area (Å²) < 4.78 is 12.2. The van der Waals surface area contributed by atoms with Gasteiger partial charge in [0.25, 0.3) is 0 Å². The zero-order valence-electron chi connectivity index (χ0n) is 21.2. The van der Waals surface area contributed by atoms with Gasteiger partial charge in [-0.2, -0.15) is 0 Å². The van der Waals surface area contributed by atoms with Gasteiger partial charge in [-0.25, -0.2) is 0 Å². The van der Waals surface area contributed by atoms with Gasteiger partial charge >= 0.3 is 7.12 Å². The smallest absolute Gasteiger partial charge is 0.399 e. The third kappa shape index (κ3) is 5.53. The fraction of sp³-hybridized carbons (Fsp3) is 0.310. The van der Waals surface area contributed by atoms with E-state index in [0.29, 0.717) is 0 Å². The summed E-state index contributed by atoms with van der Waals surface area (Å²) in [7, 11) is -0.465. The number of carbonyl (C=O) groups is 2. The summed E-state index contributed by atoms with van der Waals surface area (Å²) in [4.78, 5) is 25.8. The van der Waals surface area contributed by atoms with Crippen molar-refractivity contribution in [2.24, 2.45) is 5.73 Å². The normalized spacial score (nSPS) is 17.1. The van der Waals surface area contributed by atoms with Crippen molar-refractivity contribution in [1.82, 2.24) is 5.32 Å². The lowest BCUT2D eigenvalue weighted by Gasteiger charge is -2.32. The highest BCUT2D eigenvalue weighted by molar-refractivity contribution is 6.62. The molecule has 1 aliphatic heterocycles. The Morgan fingerprint density at radius 1 is 0.806 bits per heavy atom. The molecule has 0 unspecified atom stereocenters. The Morgan fingerprint density at radius 3 is 1.72 bits per heavy atom. The largest absolute Gasteiger partial charge is 0.494 e. The van der Waals surface area contributed by atoms with E-state index in [4.69, 9.17) is 15.0 Å². The number of amides is 2. The van der Waals surface area contributed by atoms with E-state index in [1.807, 2.05) is 113 Å². The summed E-state index contributed by atoms with van der Waals surface area (Å²) in [6.45, 7) is 8.05. The third-order valence-corrected chi connectivity index (χ3v) is 7.13. The minimum atomic E-state index is -0.852. The Bertz CT molecular complexity index is 1140. The van der Waals surface area contributed by atoms with Crippen LogP contribution >= 0.6 is 0 Å². The fourth-order valence-electron chi connectivity index (χ4n) is 4.29. The van der Waals surface area contributed by atoms with Crippen LogP contribution < -0.4 is 16.5 Å². The quantitative estimate of drug-likeness (QED) is 0.480. The number of rotatable bonds is 8. The van der Waals surface area contributed by atoms with Gasteiger partial charge in [-0.15, -0.1) is 0 Å². The predicted octanol–water partition coefficient (Wildman–Crippen LogP) is 3.33. The van der Waals surface area contributed by atoms with E-state index < -0.39 is 36.2 Å². The summed E-state index contributed by atoms with van der Waals surface area (Å²) in [6, 6.07) is 25.8. The Balaban J connectivity index is 1.49. The molecular formula is C29H33BN2O4. The van der Waals surface area contributed by atoms with E-state index >= 15 is 0 Å². The summed E-state index contributed by atoms with van der Waals surface area (Å²) in [5.74, 6) is -1.41. The molecule has 1 saturated heterocycles. The maximum Gasteiger partial charge on any atom is 0.494 e. The molecule has 1 heterocycles. The van der Waals surface area contributed by atoms with Crippen LogP contribution in [0, 0.1) is 0 Å². The standard InChI is InChI=1S/C29H33BN2O4/c1-28(2)29(3,4)36-30(35-28)23-17-15-20(16-18-23)19-24(26(31)33)32-27(34)25(21-11-7-5-8-12-21)22-13-9-6-10-14-22/h5-18,24-25H,19H2,1-4H3,(H2,31,33)(H,32,34)/t24-/m0/s1. The molecule has 186 valence electrons. The highest BCUT2D eigenvalue weighted by Gasteiger charge is 2.51. The second kappa shape index (κ2) is 10.3. The van der Waals surface area contributed by atoms with Gasteiger partial charge in [0.15, 0.2) is 0 Å². The highest BCUT2D eigenvalue weighted by Crippen LogP contribution is 2.36. The van der Waals surface area contributed by atoms with Gasteiger partial charge in [-0.3, -0.25) is 9.59 Å². The van der Waals surface area contributed by atoms with Crippen molar-refractivity contribution < 1.29 is 18.9 Å². The topological polar surface area (TPSA) is 90.6 Å². The van der Waals surface area contributed by atoms with Gasteiger partial charge in [0, 0.05) is 6.42 Å². The molecular weight excluding hydrogens is 451 g/mol. The molecule has 1 fully saturated rings. The number of nitrogens with one attached hydrogen (secondary N) is 1. The Morgan fingerprint density at radius 2 is 1.28 bits per heavy atom. The number of primary amides is 1. The lowest BCUT2D eigenvalue weighted by molar-refractivity contribution is -0.127. The molecule has 0 bridgehead atoms. The minimum Gasteiger partial charge on any atom is -0.399 e. The van der Waals surface area contributed by atoms with E-state index in [0.717, 1.165) is 22.2 Å². The zero-order valence-corrected chi connectivity index (χ0v) is 21.2. The number of nitrogens with two attached hydrogens (primary N) is 1. The van der Waals surface area contributed by atoms with E-state index in [2.05, 4.69) is 5.32 Å². The maximum absolute atomic E-state index is 13.4. The van der Waals surface area contributed by atoms with E-state index in [-0.39, 0.29) is 12.3 Å². The number of carbonyl (C=O) groups excluding carboxylic acids is 2. The first-order chi connectivity index (χ1) is 17.1. The highest BCUT2D eigenvalue weighted by atomic mass is 16.7. The number of benzene rings is 3. The van der Waals surface area contributed by atoms with Crippen LogP contribution in [0.15, 0.2) is 84.9 Å². The average molecular weight is 484 g/mol. The van der Waals surface area contributed by atoms with Crippen LogP contribution in [0.1, 0.15) is 50.3 Å². The van der Waals surface area contributed by atoms with E-state index in [1.54, 1.807) is 0 Å². The van der Waals surface area contributed by atoms with Crippen molar-refractivity contribution in [3.8, 4) is 0 Å². The number of hydrogen-bond acceptors (Lipinski definition) is 4. The minimum absolute atomic E-state index is 0.273. The van der Waals surface area contributed by atoms with E-state index in [9.17, 15) is 9.59 Å². The van der Waals surface area contributed by atoms with Crippen LogP contribution in [-0.4, -0.2) is 36.2 Å². The van der Waals surface area contributed by atoms with Gasteiger partial charge in [-0.05, 0) is 49.8 Å². The van der Waals surface area contributed by atoms with Crippen molar-refractivity contribution in [2.45, 2.75) is 57.3 Å². The van der Waals surface area contributed by atoms with Gasteiger partial charge < -0.3 is 20.4 Å². The van der Waals surface area contributed by atoms with Crippen LogP contribution in [0.4, 0.5) is 0 Å². The molecule has 3 aromatic rings. The zero-order chi connectivity index (χ0) is 25.9. The molecule has 0 saturated carbocycles. The molecule has 0 aromatic heterocycles. The molecule has 3 N–H and O–H groups in total. The second-order valence-electron chi connectivity index (χ2n) is 10.3. The third-order valence-electron chi connectivity index (χ3n) is 7.13. The molecule has 36 heavy (non-hydrogen) atoms. The SMILES string of the molecule is CC1(C)OB(c2ccc(C[C@H](NC(=O)C(c3ccccc3)c3ccccc3)C(N)=O)cc2)OC1(C)C. The molecule has 2 amide bonds. The first kappa shape index (κ1) is 25.7. The molecule has 0 radical (unpaired) electrons. The van der Waals surface area contributed by atoms with Crippen molar-refractivity contribution in [1.29, 1.82) is 0 Å². The van der Waals surface area contributed by atoms with Crippen molar-refractivity contribution in [2.75, 3.05) is 0 Å². The monoisotopic (exact) mass is 484 g/mol. The van der Waals surface area contributed by atoms with Crippen LogP contribution in [0.5, 0.6) is 0 Å². The molecule has 0 aliphatic carbocycles. The van der Waals surface area contributed by atoms with Crippen molar-refractivity contribution in [3.63, 3.8) is 0 Å². The van der Waals surface area contributed by atoms with Crippen molar-refractivity contribution >= 4 is 24.4 Å². The van der Waals surface area contributed by atoms with Crippen LogP contribution in [-0.2, 0) is 25.3 Å². The van der Waals surface area contributed by atoms with Gasteiger partial charge in [0.05, 0.1) is 17.1 Å². The fourth-order valence-corrected chi connectivity index (χ4v) is 4.29. The molecule has 1 atom stereocenters. The Hall–Kier alpha value is -3.42. The van der Waals surface area contributed by atoms with Gasteiger partial charge in [0.1, 0.15) is 6.04 Å². The molecule has 3 aromatic carbocycles. The van der Waals surface area contributed by atoms with Crippen LogP contribution in [0.25, 0.3) is 0 Å². The second-order valence-corrected chi connectivity index (χ2v) is 10.3. The Labute approximate surface area is 213 Å². The first-order valence-electron chi connectivity index (χ1n) is 12.2. The molecule has 4 rings (SSSR count). The Kier molecular flexibility index (Phi) is 7.34. The van der Waals surface area contributed by atoms with Gasteiger partial charge in [0.2, 0.25) is 11.8 Å². The first-order valence-corrected chi connectivity index (χ1v) is 12.2. The summed E-state index contributed by atoms with van der Waals surface area (Å²) in [5.41, 5.74) is 8.31. The summed E-state index contributed by atoms with van der Waals surface area (Å²) in [6.07, 6.45) is 0.279. The maximum atomic E-state index is 13.4. The van der Waals surface area contributed by atoms with E-state index in [1.165, 1.54) is 0 Å². The predicted molar refractivity (Wildman–Crippen MR) is 142 cm³/mol. The average Bonchev–Trinajstić information content (AvgIpc) is 3.07. The molecule has 0 spiro atoms. The number of hydrogen-bond donors (Lipinski definition) is 2. The summed E-state index contributed by atoms with van der Waals surface area (Å²) >= 11 is 0. The lowest BCUT2D eigenvalue weighted by Crippen LogP contribution is -2.47. The lowest BCUT2D eigenvalue weighted by atomic mass is 9.78. The molecule has 7 heteroatoms. The summed E-state index contributed by atoms with van der Waals surface area (Å²) in [5, 5.41) is 2.89.